The molecule has 1 saturated heterocycles. The quantitative estimate of drug-likeness (QED) is 0.874. The Kier molecular flexibility index (Phi) is 3.51. The molecule has 0 radical (unpaired) electrons. The summed E-state index contributed by atoms with van der Waals surface area (Å²) in [7, 11) is -3.34. The maximum absolute atomic E-state index is 12.2. The van der Waals surface area contributed by atoms with Crippen LogP contribution in [0.4, 0.5) is 0 Å². The Morgan fingerprint density at radius 3 is 2.47 bits per heavy atom. The average Bonchev–Trinajstić information content (AvgIpc) is 2.77. The zero-order valence-electron chi connectivity index (χ0n) is 9.96. The molecule has 4 nitrogen and oxygen atoms in total. The second-order valence-corrected chi connectivity index (χ2v) is 6.35. The fraction of sp³-hybridized carbons (Fsp3) is 0.500. The molecule has 5 heteroatoms. The van der Waals surface area contributed by atoms with E-state index in [1.807, 2.05) is 19.1 Å². The van der Waals surface area contributed by atoms with Crippen molar-refractivity contribution < 1.29 is 8.42 Å². The summed E-state index contributed by atoms with van der Waals surface area (Å²) in [5.74, 6) is 0. The van der Waals surface area contributed by atoms with Crippen LogP contribution < -0.4 is 5.73 Å². The van der Waals surface area contributed by atoms with Crippen molar-refractivity contribution in [1.82, 2.24) is 4.31 Å². The van der Waals surface area contributed by atoms with Gasteiger partial charge in [-0.2, -0.15) is 4.31 Å². The Hall–Kier alpha value is -0.910. The highest BCUT2D eigenvalue weighted by Gasteiger charge is 2.30. The number of nitrogens with two attached hydrogens (primary N) is 1. The van der Waals surface area contributed by atoms with Gasteiger partial charge in [-0.25, -0.2) is 8.42 Å². The van der Waals surface area contributed by atoms with Gasteiger partial charge in [0.1, 0.15) is 0 Å². The smallest absolute Gasteiger partial charge is 0.243 e. The topological polar surface area (TPSA) is 63.4 Å². The third kappa shape index (κ3) is 2.51. The molecule has 1 aliphatic rings. The van der Waals surface area contributed by atoms with Crippen LogP contribution >= 0.6 is 0 Å². The van der Waals surface area contributed by atoms with Crippen molar-refractivity contribution in [2.24, 2.45) is 5.73 Å². The monoisotopic (exact) mass is 254 g/mol. The molecule has 0 aromatic heterocycles. The van der Waals surface area contributed by atoms with Crippen molar-refractivity contribution >= 4 is 10.0 Å². The normalized spacial score (nSPS) is 21.9. The highest BCUT2D eigenvalue weighted by atomic mass is 32.2. The zero-order valence-corrected chi connectivity index (χ0v) is 10.8. The molecule has 0 saturated carbocycles. The summed E-state index contributed by atoms with van der Waals surface area (Å²) in [5, 5.41) is 0. The second-order valence-electron chi connectivity index (χ2n) is 4.41. The zero-order chi connectivity index (χ0) is 12.5. The summed E-state index contributed by atoms with van der Waals surface area (Å²) >= 11 is 0. The number of benzene rings is 1. The van der Waals surface area contributed by atoms with Gasteiger partial charge in [-0.05, 0) is 30.5 Å². The van der Waals surface area contributed by atoms with Gasteiger partial charge in [-0.15, -0.1) is 0 Å². The van der Waals surface area contributed by atoms with E-state index in [1.165, 1.54) is 4.31 Å². The lowest BCUT2D eigenvalue weighted by atomic mass is 10.2. The molecule has 2 rings (SSSR count). The first-order valence-electron chi connectivity index (χ1n) is 5.88. The van der Waals surface area contributed by atoms with E-state index >= 15 is 0 Å². The van der Waals surface area contributed by atoms with Gasteiger partial charge in [-0.1, -0.05) is 19.1 Å². The van der Waals surface area contributed by atoms with Crippen molar-refractivity contribution in [2.75, 3.05) is 13.1 Å². The van der Waals surface area contributed by atoms with E-state index in [0.717, 1.165) is 18.4 Å². The number of rotatable bonds is 3. The van der Waals surface area contributed by atoms with Crippen molar-refractivity contribution in [3.63, 3.8) is 0 Å². The molecule has 1 heterocycles. The summed E-state index contributed by atoms with van der Waals surface area (Å²) < 4.78 is 26.0. The van der Waals surface area contributed by atoms with Gasteiger partial charge in [0.15, 0.2) is 0 Å². The lowest BCUT2D eigenvalue weighted by Crippen LogP contribution is -2.31. The highest BCUT2D eigenvalue weighted by Crippen LogP contribution is 2.20. The fourth-order valence-corrected chi connectivity index (χ4v) is 3.53. The van der Waals surface area contributed by atoms with Crippen LogP contribution in [0.1, 0.15) is 18.9 Å². The van der Waals surface area contributed by atoms with Gasteiger partial charge >= 0.3 is 0 Å². The molecule has 0 aliphatic carbocycles. The SMILES string of the molecule is CCc1ccc(S(=O)(=O)N2CC[C@@H](N)C2)cc1. The van der Waals surface area contributed by atoms with E-state index in [9.17, 15) is 8.42 Å². The van der Waals surface area contributed by atoms with Crippen LogP contribution in [0.3, 0.4) is 0 Å². The van der Waals surface area contributed by atoms with E-state index in [0.29, 0.717) is 18.0 Å². The van der Waals surface area contributed by atoms with Gasteiger partial charge in [0.05, 0.1) is 4.90 Å². The predicted octanol–water partition coefficient (Wildman–Crippen LogP) is 0.971. The Labute approximate surface area is 102 Å². The second kappa shape index (κ2) is 4.76. The Balaban J connectivity index is 2.25. The molecule has 0 spiro atoms. The number of nitrogens with zero attached hydrogens (tertiary/aromatic N) is 1. The molecule has 0 bridgehead atoms. The van der Waals surface area contributed by atoms with Gasteiger partial charge in [0, 0.05) is 19.1 Å². The molecular formula is C12H18N2O2S. The summed E-state index contributed by atoms with van der Waals surface area (Å²) in [4.78, 5) is 0.365. The van der Waals surface area contributed by atoms with Gasteiger partial charge in [-0.3, -0.25) is 0 Å². The van der Waals surface area contributed by atoms with E-state index in [2.05, 4.69) is 0 Å². The van der Waals surface area contributed by atoms with Crippen LogP contribution in [0.15, 0.2) is 29.2 Å². The minimum atomic E-state index is -3.34. The third-order valence-electron chi connectivity index (χ3n) is 3.16. The van der Waals surface area contributed by atoms with E-state index in [1.54, 1.807) is 12.1 Å². The van der Waals surface area contributed by atoms with Crippen molar-refractivity contribution in [2.45, 2.75) is 30.7 Å². The number of hydrogen-bond acceptors (Lipinski definition) is 3. The molecule has 1 aromatic rings. The molecule has 1 aromatic carbocycles. The maximum atomic E-state index is 12.2. The highest BCUT2D eigenvalue weighted by molar-refractivity contribution is 7.89. The van der Waals surface area contributed by atoms with Crippen LogP contribution in [0.25, 0.3) is 0 Å². The predicted molar refractivity (Wildman–Crippen MR) is 67.2 cm³/mol. The molecule has 1 fully saturated rings. The largest absolute Gasteiger partial charge is 0.326 e. The molecule has 1 atom stereocenters. The molecule has 0 unspecified atom stereocenters. The number of aryl methyl sites for hydroxylation is 1. The number of sulfonamides is 1. The van der Waals surface area contributed by atoms with Crippen LogP contribution in [0.2, 0.25) is 0 Å². The number of hydrogen-bond donors (Lipinski definition) is 1. The van der Waals surface area contributed by atoms with E-state index in [-0.39, 0.29) is 6.04 Å². The molecule has 17 heavy (non-hydrogen) atoms. The van der Waals surface area contributed by atoms with Crippen molar-refractivity contribution in [3.8, 4) is 0 Å². The van der Waals surface area contributed by atoms with Crippen LogP contribution in [0, 0.1) is 0 Å². The lowest BCUT2D eigenvalue weighted by molar-refractivity contribution is 0.472. The summed E-state index contributed by atoms with van der Waals surface area (Å²) in [6.07, 6.45) is 1.65. The lowest BCUT2D eigenvalue weighted by Gasteiger charge is -2.16. The first kappa shape index (κ1) is 12.5. The van der Waals surface area contributed by atoms with Crippen LogP contribution in [-0.2, 0) is 16.4 Å². The standard InChI is InChI=1S/C12H18N2O2S/c1-2-10-3-5-12(6-4-10)17(15,16)14-8-7-11(13)9-14/h3-6,11H,2,7-9,13H2,1H3/t11-/m1/s1. The third-order valence-corrected chi connectivity index (χ3v) is 5.04. The Morgan fingerprint density at radius 1 is 1.35 bits per heavy atom. The molecule has 94 valence electrons. The summed E-state index contributed by atoms with van der Waals surface area (Å²) in [5.41, 5.74) is 6.88. The van der Waals surface area contributed by atoms with Gasteiger partial charge in [0.25, 0.3) is 0 Å². The van der Waals surface area contributed by atoms with Crippen LogP contribution in [-0.4, -0.2) is 31.9 Å². The minimum absolute atomic E-state index is 0.0281. The van der Waals surface area contributed by atoms with E-state index < -0.39 is 10.0 Å². The Morgan fingerprint density at radius 2 is 2.00 bits per heavy atom. The first-order chi connectivity index (χ1) is 8.04. The van der Waals surface area contributed by atoms with Gasteiger partial charge in [0.2, 0.25) is 10.0 Å². The van der Waals surface area contributed by atoms with Crippen LogP contribution in [0.5, 0.6) is 0 Å². The average molecular weight is 254 g/mol. The molecule has 1 aliphatic heterocycles. The summed E-state index contributed by atoms with van der Waals surface area (Å²) in [6, 6.07) is 7.06. The van der Waals surface area contributed by atoms with Crippen molar-refractivity contribution in [3.05, 3.63) is 29.8 Å². The van der Waals surface area contributed by atoms with Gasteiger partial charge < -0.3 is 5.73 Å². The Bertz CT molecular complexity index is 482. The van der Waals surface area contributed by atoms with Crippen molar-refractivity contribution in [1.29, 1.82) is 0 Å². The maximum Gasteiger partial charge on any atom is 0.243 e. The minimum Gasteiger partial charge on any atom is -0.326 e. The molecule has 0 amide bonds. The first-order valence-corrected chi connectivity index (χ1v) is 7.32. The summed E-state index contributed by atoms with van der Waals surface area (Å²) in [6.45, 7) is 3.00. The fourth-order valence-electron chi connectivity index (χ4n) is 2.02. The van der Waals surface area contributed by atoms with E-state index in [4.69, 9.17) is 5.73 Å². The molecular weight excluding hydrogens is 236 g/mol. The molecule has 2 N–H and O–H groups in total.